The van der Waals surface area contributed by atoms with Crippen molar-refractivity contribution in [1.82, 2.24) is 0 Å². The van der Waals surface area contributed by atoms with Crippen LogP contribution < -0.4 is 11.1 Å². The highest BCUT2D eigenvalue weighted by molar-refractivity contribution is 9.10. The van der Waals surface area contributed by atoms with Crippen molar-refractivity contribution >= 4 is 39.3 Å². The molecule has 0 fully saturated rings. The van der Waals surface area contributed by atoms with E-state index in [2.05, 4.69) is 21.2 Å². The van der Waals surface area contributed by atoms with Gasteiger partial charge in [0.2, 0.25) is 5.91 Å². The molecular formula is C12H17BrN2OS. The van der Waals surface area contributed by atoms with Crippen molar-refractivity contribution in [2.24, 2.45) is 5.73 Å². The Labute approximate surface area is 115 Å². The lowest BCUT2D eigenvalue weighted by atomic mass is 10.1. The second-order valence-electron chi connectivity index (χ2n) is 3.79. The SMILES string of the molecule is CSCC[C@@H](N)C(=O)Nc1cccc(Br)c1C. The molecule has 0 spiro atoms. The molecule has 1 aromatic rings. The number of hydrogen-bond acceptors (Lipinski definition) is 3. The van der Waals surface area contributed by atoms with E-state index in [-0.39, 0.29) is 5.91 Å². The van der Waals surface area contributed by atoms with Gasteiger partial charge in [-0.3, -0.25) is 4.79 Å². The number of halogens is 1. The molecule has 3 N–H and O–H groups in total. The smallest absolute Gasteiger partial charge is 0.241 e. The number of anilines is 1. The van der Waals surface area contributed by atoms with Gasteiger partial charge in [-0.1, -0.05) is 22.0 Å². The number of rotatable bonds is 5. The molecule has 0 heterocycles. The van der Waals surface area contributed by atoms with Crippen LogP contribution in [0.25, 0.3) is 0 Å². The van der Waals surface area contributed by atoms with Gasteiger partial charge in [-0.15, -0.1) is 0 Å². The van der Waals surface area contributed by atoms with Crippen LogP contribution in [-0.2, 0) is 4.79 Å². The first-order valence-corrected chi connectivity index (χ1v) is 7.55. The van der Waals surface area contributed by atoms with Crippen LogP contribution in [0.3, 0.4) is 0 Å². The first kappa shape index (κ1) is 14.5. The van der Waals surface area contributed by atoms with Crippen LogP contribution in [0.2, 0.25) is 0 Å². The monoisotopic (exact) mass is 316 g/mol. The minimum Gasteiger partial charge on any atom is -0.324 e. The Hall–Kier alpha value is -0.520. The molecule has 3 nitrogen and oxygen atoms in total. The van der Waals surface area contributed by atoms with Gasteiger partial charge >= 0.3 is 0 Å². The van der Waals surface area contributed by atoms with E-state index < -0.39 is 6.04 Å². The highest BCUT2D eigenvalue weighted by atomic mass is 79.9. The number of carbonyl (C=O) groups excluding carboxylic acids is 1. The van der Waals surface area contributed by atoms with Crippen molar-refractivity contribution in [2.45, 2.75) is 19.4 Å². The molecule has 0 aliphatic heterocycles. The summed E-state index contributed by atoms with van der Waals surface area (Å²) in [5.74, 6) is 0.770. The summed E-state index contributed by atoms with van der Waals surface area (Å²) in [5, 5.41) is 2.86. The summed E-state index contributed by atoms with van der Waals surface area (Å²) in [4.78, 5) is 11.8. The third-order valence-electron chi connectivity index (χ3n) is 2.50. The molecule has 0 aliphatic rings. The summed E-state index contributed by atoms with van der Waals surface area (Å²) in [6, 6.07) is 5.26. The summed E-state index contributed by atoms with van der Waals surface area (Å²) in [5.41, 5.74) is 7.62. The number of nitrogens with two attached hydrogens (primary N) is 1. The van der Waals surface area contributed by atoms with Gasteiger partial charge in [0.15, 0.2) is 0 Å². The zero-order chi connectivity index (χ0) is 12.8. The molecule has 1 aromatic carbocycles. The molecule has 17 heavy (non-hydrogen) atoms. The van der Waals surface area contributed by atoms with E-state index in [1.165, 1.54) is 0 Å². The summed E-state index contributed by atoms with van der Waals surface area (Å²) < 4.78 is 0.980. The fraction of sp³-hybridized carbons (Fsp3) is 0.417. The average Bonchev–Trinajstić information content (AvgIpc) is 2.31. The maximum atomic E-state index is 11.8. The number of carbonyl (C=O) groups is 1. The minimum absolute atomic E-state index is 0.125. The predicted octanol–water partition coefficient (Wildman–Crippen LogP) is 2.78. The van der Waals surface area contributed by atoms with Gasteiger partial charge in [-0.2, -0.15) is 11.8 Å². The fourth-order valence-electron chi connectivity index (χ4n) is 1.34. The molecule has 1 rings (SSSR count). The van der Waals surface area contributed by atoms with E-state index in [1.54, 1.807) is 11.8 Å². The third kappa shape index (κ3) is 4.33. The van der Waals surface area contributed by atoms with Crippen LogP contribution >= 0.6 is 27.7 Å². The molecule has 0 radical (unpaired) electrons. The molecule has 0 bridgehead atoms. The normalized spacial score (nSPS) is 12.2. The van der Waals surface area contributed by atoms with Crippen LogP contribution in [0.4, 0.5) is 5.69 Å². The van der Waals surface area contributed by atoms with Crippen LogP contribution in [0.15, 0.2) is 22.7 Å². The molecule has 0 saturated carbocycles. The van der Waals surface area contributed by atoms with E-state index in [0.717, 1.165) is 21.5 Å². The number of amides is 1. The van der Waals surface area contributed by atoms with Crippen LogP contribution in [-0.4, -0.2) is 24.0 Å². The maximum Gasteiger partial charge on any atom is 0.241 e. The van der Waals surface area contributed by atoms with Gasteiger partial charge < -0.3 is 11.1 Å². The van der Waals surface area contributed by atoms with E-state index in [0.29, 0.717) is 6.42 Å². The van der Waals surface area contributed by atoms with Crippen molar-refractivity contribution in [2.75, 3.05) is 17.3 Å². The summed E-state index contributed by atoms with van der Waals surface area (Å²) in [6.07, 6.45) is 2.70. The Morgan fingerprint density at radius 1 is 1.59 bits per heavy atom. The Kier molecular flexibility index (Phi) is 6.02. The molecule has 94 valence electrons. The maximum absolute atomic E-state index is 11.8. The summed E-state index contributed by atoms with van der Waals surface area (Å²) in [6.45, 7) is 1.95. The molecule has 1 amide bonds. The lowest BCUT2D eigenvalue weighted by molar-refractivity contribution is -0.117. The van der Waals surface area contributed by atoms with Gasteiger partial charge in [0.1, 0.15) is 0 Å². The number of hydrogen-bond donors (Lipinski definition) is 2. The first-order valence-electron chi connectivity index (χ1n) is 5.36. The fourth-order valence-corrected chi connectivity index (χ4v) is 2.20. The Morgan fingerprint density at radius 3 is 2.94 bits per heavy atom. The quantitative estimate of drug-likeness (QED) is 0.878. The molecule has 1 atom stereocenters. The Balaban J connectivity index is 2.64. The number of thioether (sulfide) groups is 1. The second-order valence-corrected chi connectivity index (χ2v) is 5.63. The van der Waals surface area contributed by atoms with Gasteiger partial charge in [0.05, 0.1) is 6.04 Å². The highest BCUT2D eigenvalue weighted by Gasteiger charge is 2.14. The minimum atomic E-state index is -0.444. The number of benzene rings is 1. The predicted molar refractivity (Wildman–Crippen MR) is 78.5 cm³/mol. The largest absolute Gasteiger partial charge is 0.324 e. The second kappa shape index (κ2) is 7.03. The zero-order valence-corrected chi connectivity index (χ0v) is 12.4. The van der Waals surface area contributed by atoms with Crippen molar-refractivity contribution in [3.63, 3.8) is 0 Å². The van der Waals surface area contributed by atoms with Crippen molar-refractivity contribution in [3.8, 4) is 0 Å². The Morgan fingerprint density at radius 2 is 2.29 bits per heavy atom. The van der Waals surface area contributed by atoms with E-state index in [4.69, 9.17) is 5.73 Å². The van der Waals surface area contributed by atoms with Crippen molar-refractivity contribution < 1.29 is 4.79 Å². The molecular weight excluding hydrogens is 300 g/mol. The standard InChI is InChI=1S/C12H17BrN2OS/c1-8-9(13)4-3-5-11(8)15-12(16)10(14)6-7-17-2/h3-5,10H,6-7,14H2,1-2H3,(H,15,16)/t10-/m1/s1. The van der Waals surface area contributed by atoms with Gasteiger partial charge in [-0.05, 0) is 43.0 Å². The first-order chi connectivity index (χ1) is 8.06. The average molecular weight is 317 g/mol. The van der Waals surface area contributed by atoms with Crippen LogP contribution in [0.1, 0.15) is 12.0 Å². The van der Waals surface area contributed by atoms with Crippen LogP contribution in [0.5, 0.6) is 0 Å². The molecule has 0 aliphatic carbocycles. The van der Waals surface area contributed by atoms with Gasteiger partial charge in [-0.25, -0.2) is 0 Å². The van der Waals surface area contributed by atoms with E-state index in [9.17, 15) is 4.79 Å². The lowest BCUT2D eigenvalue weighted by Gasteiger charge is -2.13. The molecule has 0 unspecified atom stereocenters. The Bertz CT molecular complexity index is 398. The lowest BCUT2D eigenvalue weighted by Crippen LogP contribution is -2.36. The van der Waals surface area contributed by atoms with Gasteiger partial charge in [0, 0.05) is 10.2 Å². The molecule has 0 aromatic heterocycles. The third-order valence-corrected chi connectivity index (χ3v) is 4.00. The highest BCUT2D eigenvalue weighted by Crippen LogP contribution is 2.23. The van der Waals surface area contributed by atoms with Gasteiger partial charge in [0.25, 0.3) is 0 Å². The van der Waals surface area contributed by atoms with Crippen molar-refractivity contribution in [3.05, 3.63) is 28.2 Å². The topological polar surface area (TPSA) is 55.1 Å². The van der Waals surface area contributed by atoms with E-state index in [1.807, 2.05) is 31.4 Å². The molecule has 5 heteroatoms. The number of nitrogens with one attached hydrogen (secondary N) is 1. The molecule has 0 saturated heterocycles. The zero-order valence-electron chi connectivity index (χ0n) is 10.00. The summed E-state index contributed by atoms with van der Waals surface area (Å²) in [7, 11) is 0. The van der Waals surface area contributed by atoms with Crippen LogP contribution in [0, 0.1) is 6.92 Å². The van der Waals surface area contributed by atoms with E-state index >= 15 is 0 Å². The van der Waals surface area contributed by atoms with Crippen molar-refractivity contribution in [1.29, 1.82) is 0 Å². The summed E-state index contributed by atoms with van der Waals surface area (Å²) >= 11 is 5.12.